The molecule has 0 spiro atoms. The molecule has 6 nitrogen and oxygen atoms in total. The van der Waals surface area contributed by atoms with Gasteiger partial charge in [0.2, 0.25) is 0 Å². The van der Waals surface area contributed by atoms with Crippen LogP contribution in [-0.4, -0.2) is 21.8 Å². The second-order valence-corrected chi connectivity index (χ2v) is 6.40. The number of fused-ring (bicyclic) bond motifs is 2. The van der Waals surface area contributed by atoms with Gasteiger partial charge in [0.25, 0.3) is 5.91 Å². The smallest absolute Gasteiger partial charge is 0.417 e. The summed E-state index contributed by atoms with van der Waals surface area (Å²) in [5.74, 6) is -0.590. The summed E-state index contributed by atoms with van der Waals surface area (Å²) < 4.78 is 44.8. The van der Waals surface area contributed by atoms with E-state index in [0.29, 0.717) is 22.3 Å². The van der Waals surface area contributed by atoms with Crippen molar-refractivity contribution in [3.05, 3.63) is 82.1 Å². The van der Waals surface area contributed by atoms with Crippen molar-refractivity contribution in [3.63, 3.8) is 0 Å². The highest BCUT2D eigenvalue weighted by molar-refractivity contribution is 5.96. The molecule has 0 aliphatic heterocycles. The topological polar surface area (TPSA) is 76.6 Å². The maximum atomic E-state index is 12.8. The number of halogens is 3. The van der Waals surface area contributed by atoms with Crippen molar-refractivity contribution in [1.82, 2.24) is 14.7 Å². The number of imidazole rings is 1. The molecular weight excluding hydrogens is 387 g/mol. The first-order valence-corrected chi connectivity index (χ1v) is 8.67. The van der Waals surface area contributed by atoms with Gasteiger partial charge in [-0.05, 0) is 24.3 Å². The molecule has 9 heteroatoms. The van der Waals surface area contributed by atoms with E-state index in [4.69, 9.17) is 4.42 Å². The van der Waals surface area contributed by atoms with Crippen LogP contribution in [0, 0.1) is 0 Å². The fourth-order valence-corrected chi connectivity index (χ4v) is 2.95. The van der Waals surface area contributed by atoms with Gasteiger partial charge in [-0.1, -0.05) is 18.2 Å². The largest absolute Gasteiger partial charge is 0.422 e. The van der Waals surface area contributed by atoms with Crippen LogP contribution in [0.15, 0.2) is 64.1 Å². The summed E-state index contributed by atoms with van der Waals surface area (Å²) in [6.07, 6.45) is -1.72. The second kappa shape index (κ2) is 7.08. The van der Waals surface area contributed by atoms with Gasteiger partial charge in [-0.25, -0.2) is 9.78 Å². The molecule has 0 unspecified atom stereocenters. The highest BCUT2D eigenvalue weighted by Gasteiger charge is 2.30. The van der Waals surface area contributed by atoms with Gasteiger partial charge in [-0.2, -0.15) is 13.2 Å². The van der Waals surface area contributed by atoms with E-state index >= 15 is 0 Å². The lowest BCUT2D eigenvalue weighted by molar-refractivity contribution is -0.137. The van der Waals surface area contributed by atoms with Crippen molar-refractivity contribution >= 4 is 22.5 Å². The molecule has 29 heavy (non-hydrogen) atoms. The molecule has 148 valence electrons. The number of hydrogen-bond acceptors (Lipinski definition) is 4. The Bertz CT molecular complexity index is 1270. The summed E-state index contributed by atoms with van der Waals surface area (Å²) in [7, 11) is 0. The number of rotatable bonds is 4. The summed E-state index contributed by atoms with van der Waals surface area (Å²) in [5.41, 5.74) is -0.367. The zero-order valence-electron chi connectivity index (χ0n) is 14.9. The van der Waals surface area contributed by atoms with Gasteiger partial charge in [-0.3, -0.25) is 4.79 Å². The summed E-state index contributed by atoms with van der Waals surface area (Å²) in [4.78, 5) is 28.5. The third-order valence-electron chi connectivity index (χ3n) is 4.38. The molecule has 3 aromatic heterocycles. The van der Waals surface area contributed by atoms with Crippen LogP contribution in [0.5, 0.6) is 0 Å². The number of aromatic nitrogens is 2. The number of carbonyl (C=O) groups is 1. The Morgan fingerprint density at radius 1 is 1.14 bits per heavy atom. The van der Waals surface area contributed by atoms with E-state index < -0.39 is 23.3 Å². The van der Waals surface area contributed by atoms with Gasteiger partial charge in [0.05, 0.1) is 11.3 Å². The summed E-state index contributed by atoms with van der Waals surface area (Å²) in [6, 6.07) is 10.5. The molecule has 0 radical (unpaired) electrons. The van der Waals surface area contributed by atoms with Gasteiger partial charge >= 0.3 is 11.8 Å². The fourth-order valence-electron chi connectivity index (χ4n) is 2.95. The second-order valence-electron chi connectivity index (χ2n) is 6.40. The van der Waals surface area contributed by atoms with E-state index in [-0.39, 0.29) is 18.5 Å². The third-order valence-corrected chi connectivity index (χ3v) is 4.38. The number of hydrogen-bond donors (Lipinski definition) is 1. The van der Waals surface area contributed by atoms with Crippen LogP contribution in [-0.2, 0) is 12.6 Å². The zero-order valence-corrected chi connectivity index (χ0v) is 14.9. The number of pyridine rings is 1. The number of carbonyl (C=O) groups excluding carboxylic acids is 1. The number of alkyl halides is 3. The monoisotopic (exact) mass is 401 g/mol. The normalized spacial score (nSPS) is 11.8. The first-order chi connectivity index (χ1) is 13.8. The van der Waals surface area contributed by atoms with E-state index in [1.54, 1.807) is 24.3 Å². The predicted molar refractivity (Wildman–Crippen MR) is 98.7 cm³/mol. The molecule has 4 rings (SSSR count). The molecule has 1 aromatic carbocycles. The van der Waals surface area contributed by atoms with Crippen LogP contribution in [0.4, 0.5) is 13.2 Å². The van der Waals surface area contributed by atoms with Crippen molar-refractivity contribution in [2.45, 2.75) is 12.6 Å². The molecule has 0 fully saturated rings. The summed E-state index contributed by atoms with van der Waals surface area (Å²) in [6.45, 7) is 0.154. The number of nitrogens with zero attached hydrogens (tertiary/aromatic N) is 2. The average molecular weight is 401 g/mol. The van der Waals surface area contributed by atoms with Gasteiger partial charge in [0, 0.05) is 30.7 Å². The quantitative estimate of drug-likeness (QED) is 0.532. The zero-order chi connectivity index (χ0) is 20.6. The first-order valence-electron chi connectivity index (χ1n) is 8.67. The number of para-hydroxylation sites is 1. The van der Waals surface area contributed by atoms with E-state index in [1.807, 2.05) is 0 Å². The van der Waals surface area contributed by atoms with Gasteiger partial charge in [0.15, 0.2) is 0 Å². The lowest BCUT2D eigenvalue weighted by Crippen LogP contribution is -2.29. The molecule has 3 heterocycles. The van der Waals surface area contributed by atoms with Crippen LogP contribution >= 0.6 is 0 Å². The lowest BCUT2D eigenvalue weighted by Gasteiger charge is -2.05. The number of amides is 1. The van der Waals surface area contributed by atoms with Crippen LogP contribution in [0.1, 0.15) is 21.6 Å². The molecular formula is C20H14F3N3O3. The molecule has 0 atom stereocenters. The Kier molecular flexibility index (Phi) is 4.57. The van der Waals surface area contributed by atoms with Crippen LogP contribution in [0.3, 0.4) is 0 Å². The fraction of sp³-hybridized carbons (Fsp3) is 0.150. The lowest BCUT2D eigenvalue weighted by atomic mass is 10.2. The van der Waals surface area contributed by atoms with Crippen LogP contribution < -0.4 is 10.9 Å². The minimum absolute atomic E-state index is 0.117. The third kappa shape index (κ3) is 3.84. The highest BCUT2D eigenvalue weighted by atomic mass is 19.4. The first kappa shape index (κ1) is 18.7. The van der Waals surface area contributed by atoms with E-state index in [0.717, 1.165) is 12.3 Å². The van der Waals surface area contributed by atoms with Crippen molar-refractivity contribution in [2.75, 3.05) is 6.54 Å². The SMILES string of the molecule is O=C(NCCc1cn2cc(C(F)(F)F)ccc2n1)c1cc2ccccc2oc1=O. The van der Waals surface area contributed by atoms with E-state index in [1.165, 1.54) is 22.7 Å². The molecule has 0 aliphatic rings. The Morgan fingerprint density at radius 2 is 1.93 bits per heavy atom. The maximum Gasteiger partial charge on any atom is 0.417 e. The summed E-state index contributed by atoms with van der Waals surface area (Å²) in [5, 5.41) is 3.23. The minimum atomic E-state index is -4.44. The molecule has 0 saturated carbocycles. The van der Waals surface area contributed by atoms with Crippen molar-refractivity contribution in [2.24, 2.45) is 0 Å². The molecule has 0 saturated heterocycles. The van der Waals surface area contributed by atoms with E-state index in [2.05, 4.69) is 10.3 Å². The van der Waals surface area contributed by atoms with Crippen LogP contribution in [0.25, 0.3) is 16.6 Å². The predicted octanol–water partition coefficient (Wildman–Crippen LogP) is 3.43. The van der Waals surface area contributed by atoms with Gasteiger partial charge in [0.1, 0.15) is 16.8 Å². The molecule has 4 aromatic rings. The van der Waals surface area contributed by atoms with Crippen molar-refractivity contribution in [3.8, 4) is 0 Å². The number of nitrogens with one attached hydrogen (secondary N) is 1. The Balaban J connectivity index is 1.45. The Labute approximate surface area is 161 Å². The van der Waals surface area contributed by atoms with E-state index in [9.17, 15) is 22.8 Å². The molecule has 0 aliphatic carbocycles. The standard InChI is InChI=1S/C20H14F3N3O3/c21-20(22,23)13-5-6-17-25-14(11-26(17)10-13)7-8-24-18(27)15-9-12-3-1-2-4-16(12)29-19(15)28/h1-6,9-11H,7-8H2,(H,24,27). The van der Waals surface area contributed by atoms with Gasteiger partial charge < -0.3 is 14.1 Å². The van der Waals surface area contributed by atoms with Crippen LogP contribution in [0.2, 0.25) is 0 Å². The number of benzene rings is 1. The Morgan fingerprint density at radius 3 is 2.72 bits per heavy atom. The molecule has 1 N–H and O–H groups in total. The van der Waals surface area contributed by atoms with Crippen molar-refractivity contribution < 1.29 is 22.4 Å². The minimum Gasteiger partial charge on any atom is -0.422 e. The molecule has 0 bridgehead atoms. The maximum absolute atomic E-state index is 12.8. The van der Waals surface area contributed by atoms with Gasteiger partial charge in [-0.15, -0.1) is 0 Å². The molecule has 1 amide bonds. The average Bonchev–Trinajstić information content (AvgIpc) is 3.08. The highest BCUT2D eigenvalue weighted by Crippen LogP contribution is 2.29. The van der Waals surface area contributed by atoms with Crippen molar-refractivity contribution in [1.29, 1.82) is 0 Å². The Hall–Kier alpha value is -3.62. The summed E-state index contributed by atoms with van der Waals surface area (Å²) >= 11 is 0.